The number of benzene rings is 1. The van der Waals surface area contributed by atoms with Crippen LogP contribution in [0, 0.1) is 6.92 Å². The zero-order chi connectivity index (χ0) is 8.72. The molecule has 62 valence electrons. The monoisotopic (exact) mass is 160 g/mol. The van der Waals surface area contributed by atoms with E-state index in [0.29, 0.717) is 0 Å². The minimum Gasteiger partial charge on any atom is -0.397 e. The number of nitrogen functional groups attached to an aromatic ring is 1. The van der Waals surface area contributed by atoms with E-state index in [-0.39, 0.29) is 0 Å². The molecular weight excluding hydrogens is 148 g/mol. The molecule has 0 aliphatic heterocycles. The van der Waals surface area contributed by atoms with Gasteiger partial charge in [-0.15, -0.1) is 0 Å². The molecule has 0 bridgehead atoms. The van der Waals surface area contributed by atoms with Gasteiger partial charge in [-0.2, -0.15) is 0 Å². The molecular formula is C10H12N2. The maximum Gasteiger partial charge on any atom is 0.0573 e. The van der Waals surface area contributed by atoms with E-state index in [1.165, 1.54) is 11.1 Å². The number of hydrogen-bond acceptors (Lipinski definition) is 1. The third kappa shape index (κ3) is 0.881. The van der Waals surface area contributed by atoms with Crippen LogP contribution in [-0.4, -0.2) is 4.57 Å². The highest BCUT2D eigenvalue weighted by molar-refractivity contribution is 5.92. The van der Waals surface area contributed by atoms with Gasteiger partial charge in [0.05, 0.1) is 5.69 Å². The Labute approximate surface area is 71.6 Å². The highest BCUT2D eigenvalue weighted by Crippen LogP contribution is 2.23. The summed E-state index contributed by atoms with van der Waals surface area (Å²) in [6.07, 6.45) is 1.95. The first kappa shape index (κ1) is 7.22. The van der Waals surface area contributed by atoms with Crippen LogP contribution in [0.4, 0.5) is 5.69 Å². The number of nitrogens with zero attached hydrogens (tertiary/aromatic N) is 1. The number of anilines is 1. The number of fused-ring (bicyclic) bond motifs is 1. The second kappa shape index (κ2) is 2.27. The molecule has 2 nitrogen and oxygen atoms in total. The Morgan fingerprint density at radius 1 is 1.33 bits per heavy atom. The summed E-state index contributed by atoms with van der Waals surface area (Å²) in [6.45, 7) is 2.08. The quantitative estimate of drug-likeness (QED) is 0.628. The first-order chi connectivity index (χ1) is 5.68. The van der Waals surface area contributed by atoms with Crippen molar-refractivity contribution in [2.75, 3.05) is 5.73 Å². The second-order valence-electron chi connectivity index (χ2n) is 3.22. The maximum atomic E-state index is 5.83. The van der Waals surface area contributed by atoms with Crippen molar-refractivity contribution in [3.05, 3.63) is 30.0 Å². The number of rotatable bonds is 0. The summed E-state index contributed by atoms with van der Waals surface area (Å²) in [5, 5.41) is 1.15. The van der Waals surface area contributed by atoms with Gasteiger partial charge in [-0.1, -0.05) is 11.6 Å². The average molecular weight is 160 g/mol. The van der Waals surface area contributed by atoms with Gasteiger partial charge in [0.2, 0.25) is 0 Å². The zero-order valence-corrected chi connectivity index (χ0v) is 7.33. The highest BCUT2D eigenvalue weighted by Gasteiger charge is 2.01. The molecule has 0 aliphatic carbocycles. The molecule has 2 heteroatoms. The summed E-state index contributed by atoms with van der Waals surface area (Å²) in [6, 6.07) is 6.31. The van der Waals surface area contributed by atoms with E-state index in [4.69, 9.17) is 5.73 Å². The van der Waals surface area contributed by atoms with E-state index < -0.39 is 0 Å². The van der Waals surface area contributed by atoms with E-state index >= 15 is 0 Å². The van der Waals surface area contributed by atoms with Crippen molar-refractivity contribution in [3.63, 3.8) is 0 Å². The standard InChI is InChI=1S/C10H12N2/c1-7-3-4-10-8(5-7)9(11)6-12(10)2/h3-6H,11H2,1-2H3. The summed E-state index contributed by atoms with van der Waals surface area (Å²) in [7, 11) is 2.01. The summed E-state index contributed by atoms with van der Waals surface area (Å²) in [5.74, 6) is 0. The lowest BCUT2D eigenvalue weighted by atomic mass is 10.2. The van der Waals surface area contributed by atoms with Gasteiger partial charge in [-0.25, -0.2) is 0 Å². The molecule has 0 atom stereocenters. The van der Waals surface area contributed by atoms with Crippen molar-refractivity contribution < 1.29 is 0 Å². The molecule has 0 unspecified atom stereocenters. The van der Waals surface area contributed by atoms with Crippen LogP contribution in [-0.2, 0) is 7.05 Å². The molecule has 1 aromatic carbocycles. The van der Waals surface area contributed by atoms with Crippen molar-refractivity contribution in [2.45, 2.75) is 6.92 Å². The molecule has 0 spiro atoms. The van der Waals surface area contributed by atoms with Gasteiger partial charge in [0.1, 0.15) is 0 Å². The van der Waals surface area contributed by atoms with Crippen molar-refractivity contribution in [3.8, 4) is 0 Å². The molecule has 0 fully saturated rings. The molecule has 2 N–H and O–H groups in total. The topological polar surface area (TPSA) is 30.9 Å². The van der Waals surface area contributed by atoms with Gasteiger partial charge in [-0.05, 0) is 19.1 Å². The minimum atomic E-state index is 0.858. The fourth-order valence-corrected chi connectivity index (χ4v) is 1.54. The zero-order valence-electron chi connectivity index (χ0n) is 7.33. The number of hydrogen-bond donors (Lipinski definition) is 1. The largest absolute Gasteiger partial charge is 0.397 e. The van der Waals surface area contributed by atoms with Crippen molar-refractivity contribution in [1.29, 1.82) is 0 Å². The maximum absolute atomic E-state index is 5.83. The molecule has 0 saturated heterocycles. The van der Waals surface area contributed by atoms with Crippen LogP contribution < -0.4 is 5.73 Å². The van der Waals surface area contributed by atoms with Gasteiger partial charge >= 0.3 is 0 Å². The van der Waals surface area contributed by atoms with Gasteiger partial charge < -0.3 is 10.3 Å². The van der Waals surface area contributed by atoms with Crippen LogP contribution in [0.15, 0.2) is 24.4 Å². The summed E-state index contributed by atoms with van der Waals surface area (Å²) in [5.41, 5.74) is 9.13. The van der Waals surface area contributed by atoms with Crippen LogP contribution in [0.2, 0.25) is 0 Å². The normalized spacial score (nSPS) is 10.8. The molecule has 2 rings (SSSR count). The molecule has 0 saturated carbocycles. The number of aromatic nitrogens is 1. The molecule has 0 amide bonds. The number of nitrogens with two attached hydrogens (primary N) is 1. The Kier molecular flexibility index (Phi) is 1.37. The van der Waals surface area contributed by atoms with Gasteiger partial charge in [0.25, 0.3) is 0 Å². The van der Waals surface area contributed by atoms with Crippen molar-refractivity contribution >= 4 is 16.6 Å². The number of aryl methyl sites for hydroxylation is 2. The second-order valence-corrected chi connectivity index (χ2v) is 3.22. The van der Waals surface area contributed by atoms with E-state index in [1.54, 1.807) is 0 Å². The third-order valence-electron chi connectivity index (χ3n) is 2.18. The summed E-state index contributed by atoms with van der Waals surface area (Å²) in [4.78, 5) is 0. The molecule has 0 radical (unpaired) electrons. The van der Waals surface area contributed by atoms with Crippen LogP contribution >= 0.6 is 0 Å². The Morgan fingerprint density at radius 3 is 2.83 bits per heavy atom. The Morgan fingerprint density at radius 2 is 2.08 bits per heavy atom. The van der Waals surface area contributed by atoms with Crippen LogP contribution in [0.25, 0.3) is 10.9 Å². The van der Waals surface area contributed by atoms with E-state index in [1.807, 2.05) is 17.8 Å². The van der Waals surface area contributed by atoms with Crippen LogP contribution in [0.1, 0.15) is 5.56 Å². The smallest absolute Gasteiger partial charge is 0.0573 e. The molecule has 0 aliphatic rings. The summed E-state index contributed by atoms with van der Waals surface area (Å²) < 4.78 is 2.05. The van der Waals surface area contributed by atoms with Gasteiger partial charge in [0, 0.05) is 24.1 Å². The fraction of sp³-hybridized carbons (Fsp3) is 0.200. The lowest BCUT2D eigenvalue weighted by molar-refractivity contribution is 0.970. The van der Waals surface area contributed by atoms with E-state index in [9.17, 15) is 0 Å². The molecule has 2 aromatic rings. The van der Waals surface area contributed by atoms with Crippen molar-refractivity contribution in [1.82, 2.24) is 4.57 Å². The Bertz CT molecular complexity index is 427. The Hall–Kier alpha value is -1.44. The third-order valence-corrected chi connectivity index (χ3v) is 2.18. The average Bonchev–Trinajstić information content (AvgIpc) is 2.28. The highest BCUT2D eigenvalue weighted by atomic mass is 14.9. The predicted molar refractivity (Wildman–Crippen MR) is 52.1 cm³/mol. The predicted octanol–water partition coefficient (Wildman–Crippen LogP) is 2.07. The van der Waals surface area contributed by atoms with Gasteiger partial charge in [-0.3, -0.25) is 0 Å². The van der Waals surface area contributed by atoms with E-state index in [0.717, 1.165) is 11.1 Å². The first-order valence-corrected chi connectivity index (χ1v) is 3.99. The minimum absolute atomic E-state index is 0.858. The SMILES string of the molecule is Cc1ccc2c(c1)c(N)cn2C. The molecule has 1 heterocycles. The van der Waals surface area contributed by atoms with Crippen LogP contribution in [0.5, 0.6) is 0 Å². The summed E-state index contributed by atoms with van der Waals surface area (Å²) >= 11 is 0. The molecule has 1 aromatic heterocycles. The van der Waals surface area contributed by atoms with Crippen molar-refractivity contribution in [2.24, 2.45) is 7.05 Å². The van der Waals surface area contributed by atoms with Crippen LogP contribution in [0.3, 0.4) is 0 Å². The Balaban J connectivity index is 2.90. The fourth-order valence-electron chi connectivity index (χ4n) is 1.54. The lowest BCUT2D eigenvalue weighted by Gasteiger charge is -1.96. The lowest BCUT2D eigenvalue weighted by Crippen LogP contribution is -1.82. The molecule has 12 heavy (non-hydrogen) atoms. The first-order valence-electron chi connectivity index (χ1n) is 3.99. The van der Waals surface area contributed by atoms with Gasteiger partial charge in [0.15, 0.2) is 0 Å². The van der Waals surface area contributed by atoms with E-state index in [2.05, 4.69) is 25.1 Å².